The van der Waals surface area contributed by atoms with Crippen LogP contribution in [-0.4, -0.2) is 26.4 Å². The lowest BCUT2D eigenvalue weighted by molar-refractivity contribution is -0.0112. The summed E-state index contributed by atoms with van der Waals surface area (Å²) in [5, 5.41) is 4.12. The Morgan fingerprint density at radius 3 is 2.50 bits per heavy atom. The number of rotatable bonds is 6. The zero-order valence-corrected chi connectivity index (χ0v) is 12.5. The van der Waals surface area contributed by atoms with Crippen molar-refractivity contribution >= 4 is 11.6 Å². The molecule has 1 aromatic carbocycles. The third-order valence-electron chi connectivity index (χ3n) is 3.13. The first-order valence-corrected chi connectivity index (χ1v) is 6.46. The van der Waals surface area contributed by atoms with Gasteiger partial charge in [0.1, 0.15) is 5.75 Å². The van der Waals surface area contributed by atoms with E-state index in [9.17, 15) is 0 Å². The van der Waals surface area contributed by atoms with Crippen molar-refractivity contribution in [1.82, 2.24) is 5.32 Å². The minimum atomic E-state index is -0.353. The summed E-state index contributed by atoms with van der Waals surface area (Å²) in [6.45, 7) is 6.99. The summed E-state index contributed by atoms with van der Waals surface area (Å²) in [6, 6.07) is 5.65. The molecule has 0 radical (unpaired) electrons. The summed E-state index contributed by atoms with van der Waals surface area (Å²) in [6.07, 6.45) is 0. The zero-order chi connectivity index (χ0) is 13.8. The predicted molar refractivity (Wildman–Crippen MR) is 75.5 cm³/mol. The molecule has 1 rings (SSSR count). The molecule has 1 unspecified atom stereocenters. The summed E-state index contributed by atoms with van der Waals surface area (Å²) in [7, 11) is 3.37. The maximum Gasteiger partial charge on any atom is 0.123 e. The highest BCUT2D eigenvalue weighted by atomic mass is 35.5. The van der Waals surface area contributed by atoms with Crippen molar-refractivity contribution in [1.29, 1.82) is 0 Å². The van der Waals surface area contributed by atoms with E-state index < -0.39 is 0 Å². The van der Waals surface area contributed by atoms with E-state index in [-0.39, 0.29) is 11.6 Å². The van der Waals surface area contributed by atoms with E-state index in [1.165, 1.54) is 0 Å². The molecular weight excluding hydrogens is 250 g/mol. The average Bonchev–Trinajstić information content (AvgIpc) is 2.35. The molecule has 0 aliphatic carbocycles. The summed E-state index contributed by atoms with van der Waals surface area (Å²) < 4.78 is 11.0. The molecule has 0 aliphatic rings. The van der Waals surface area contributed by atoms with Gasteiger partial charge in [-0.05, 0) is 38.6 Å². The van der Waals surface area contributed by atoms with Crippen molar-refractivity contribution in [2.24, 2.45) is 0 Å². The van der Waals surface area contributed by atoms with Crippen molar-refractivity contribution in [2.75, 3.05) is 20.8 Å². The smallest absolute Gasteiger partial charge is 0.123 e. The van der Waals surface area contributed by atoms with Gasteiger partial charge in [-0.25, -0.2) is 0 Å². The van der Waals surface area contributed by atoms with Crippen LogP contribution in [0.3, 0.4) is 0 Å². The number of likely N-dealkylation sites (N-methyl/N-ethyl adjacent to an activating group) is 1. The van der Waals surface area contributed by atoms with E-state index in [0.29, 0.717) is 5.02 Å². The fourth-order valence-electron chi connectivity index (χ4n) is 1.98. The molecule has 1 aromatic rings. The highest BCUT2D eigenvalue weighted by Gasteiger charge is 2.32. The van der Waals surface area contributed by atoms with Crippen molar-refractivity contribution in [3.8, 4) is 5.75 Å². The molecule has 1 N–H and O–H groups in total. The Morgan fingerprint density at radius 2 is 2.00 bits per heavy atom. The summed E-state index contributed by atoms with van der Waals surface area (Å²) in [4.78, 5) is 0. The molecule has 0 bridgehead atoms. The van der Waals surface area contributed by atoms with E-state index in [0.717, 1.165) is 17.9 Å². The fraction of sp³-hybridized carbons (Fsp3) is 0.571. The van der Waals surface area contributed by atoms with Crippen molar-refractivity contribution < 1.29 is 9.47 Å². The average molecular weight is 272 g/mol. The number of nitrogens with one attached hydrogen (secondary N) is 1. The van der Waals surface area contributed by atoms with Gasteiger partial charge in [0, 0.05) is 17.7 Å². The molecular formula is C14H22ClNO2. The second kappa shape index (κ2) is 6.41. The molecule has 18 heavy (non-hydrogen) atoms. The Morgan fingerprint density at radius 1 is 1.33 bits per heavy atom. The number of hydrogen-bond acceptors (Lipinski definition) is 3. The van der Waals surface area contributed by atoms with Crippen LogP contribution in [0.1, 0.15) is 32.4 Å². The first-order valence-electron chi connectivity index (χ1n) is 6.08. The number of benzene rings is 1. The Balaban J connectivity index is 3.24. The fourth-order valence-corrected chi connectivity index (χ4v) is 2.16. The van der Waals surface area contributed by atoms with E-state index in [2.05, 4.69) is 12.2 Å². The first-order chi connectivity index (χ1) is 8.46. The lowest BCUT2D eigenvalue weighted by Crippen LogP contribution is -2.41. The van der Waals surface area contributed by atoms with Crippen LogP contribution in [-0.2, 0) is 4.74 Å². The van der Waals surface area contributed by atoms with Crippen LogP contribution in [0.15, 0.2) is 18.2 Å². The lowest BCUT2D eigenvalue weighted by Gasteiger charge is -2.34. The van der Waals surface area contributed by atoms with Gasteiger partial charge in [-0.2, -0.15) is 0 Å². The second-order valence-corrected chi connectivity index (χ2v) is 5.12. The minimum Gasteiger partial charge on any atom is -0.496 e. The molecule has 0 aliphatic heterocycles. The molecule has 102 valence electrons. The molecule has 1 atom stereocenters. The lowest BCUT2D eigenvalue weighted by atomic mass is 9.91. The van der Waals surface area contributed by atoms with Gasteiger partial charge in [0.2, 0.25) is 0 Å². The molecule has 0 saturated carbocycles. The first kappa shape index (κ1) is 15.3. The number of halogens is 1. The molecule has 0 spiro atoms. The zero-order valence-electron chi connectivity index (χ0n) is 11.7. The SMILES string of the molecule is CCNC(c1cc(Cl)ccc1OC)C(C)(C)OC. The molecule has 0 fully saturated rings. The standard InChI is InChI=1S/C14H22ClNO2/c1-6-16-13(14(2,3)18-5)11-9-10(15)7-8-12(11)17-4/h7-9,13,16H,6H2,1-5H3. The summed E-state index contributed by atoms with van der Waals surface area (Å²) in [5.41, 5.74) is 0.659. The topological polar surface area (TPSA) is 30.5 Å². The van der Waals surface area contributed by atoms with Crippen LogP contribution >= 0.6 is 11.6 Å². The Kier molecular flexibility index (Phi) is 5.45. The third-order valence-corrected chi connectivity index (χ3v) is 3.37. The number of methoxy groups -OCH3 is 2. The van der Waals surface area contributed by atoms with Gasteiger partial charge in [-0.15, -0.1) is 0 Å². The number of hydrogen-bond donors (Lipinski definition) is 1. The normalized spacial score (nSPS) is 13.4. The largest absolute Gasteiger partial charge is 0.496 e. The van der Waals surface area contributed by atoms with Gasteiger partial charge >= 0.3 is 0 Å². The van der Waals surface area contributed by atoms with E-state index in [4.69, 9.17) is 21.1 Å². The molecule has 4 heteroatoms. The third kappa shape index (κ3) is 3.37. The van der Waals surface area contributed by atoms with Gasteiger partial charge in [-0.1, -0.05) is 18.5 Å². The van der Waals surface area contributed by atoms with Crippen LogP contribution in [0.2, 0.25) is 5.02 Å². The maximum atomic E-state index is 6.09. The monoisotopic (exact) mass is 271 g/mol. The second-order valence-electron chi connectivity index (χ2n) is 4.68. The van der Waals surface area contributed by atoms with Crippen LogP contribution in [0.5, 0.6) is 5.75 Å². The van der Waals surface area contributed by atoms with Gasteiger partial charge < -0.3 is 14.8 Å². The van der Waals surface area contributed by atoms with E-state index in [1.807, 2.05) is 32.0 Å². The molecule has 0 aromatic heterocycles. The van der Waals surface area contributed by atoms with Gasteiger partial charge in [0.15, 0.2) is 0 Å². The van der Waals surface area contributed by atoms with Crippen molar-refractivity contribution in [3.05, 3.63) is 28.8 Å². The highest BCUT2D eigenvalue weighted by Crippen LogP contribution is 2.35. The number of ether oxygens (including phenoxy) is 2. The summed E-state index contributed by atoms with van der Waals surface area (Å²) >= 11 is 6.09. The molecule has 0 amide bonds. The Labute approximate surface area is 114 Å². The van der Waals surface area contributed by atoms with Gasteiger partial charge in [-0.3, -0.25) is 0 Å². The predicted octanol–water partition coefficient (Wildman–Crippen LogP) is 3.42. The van der Waals surface area contributed by atoms with Crippen molar-refractivity contribution in [3.63, 3.8) is 0 Å². The van der Waals surface area contributed by atoms with Crippen LogP contribution in [0, 0.1) is 0 Å². The van der Waals surface area contributed by atoms with Crippen LogP contribution in [0.4, 0.5) is 0 Å². The van der Waals surface area contributed by atoms with E-state index >= 15 is 0 Å². The van der Waals surface area contributed by atoms with E-state index in [1.54, 1.807) is 14.2 Å². The minimum absolute atomic E-state index is 0.0150. The Hall–Kier alpha value is -0.770. The van der Waals surface area contributed by atoms with Crippen LogP contribution < -0.4 is 10.1 Å². The van der Waals surface area contributed by atoms with Crippen LogP contribution in [0.25, 0.3) is 0 Å². The molecule has 0 saturated heterocycles. The maximum absolute atomic E-state index is 6.09. The molecule has 0 heterocycles. The molecule has 3 nitrogen and oxygen atoms in total. The summed E-state index contributed by atoms with van der Waals surface area (Å²) in [5.74, 6) is 0.815. The van der Waals surface area contributed by atoms with Gasteiger partial charge in [0.25, 0.3) is 0 Å². The Bertz CT molecular complexity index is 393. The van der Waals surface area contributed by atoms with Gasteiger partial charge in [0.05, 0.1) is 18.8 Å². The highest BCUT2D eigenvalue weighted by molar-refractivity contribution is 6.30. The van der Waals surface area contributed by atoms with Crippen molar-refractivity contribution in [2.45, 2.75) is 32.4 Å². The quantitative estimate of drug-likeness (QED) is 0.860.